The molecule has 2 fully saturated rings. The topological polar surface area (TPSA) is 35.5 Å². The van der Waals surface area contributed by atoms with Gasteiger partial charge in [0.15, 0.2) is 0 Å². The number of piperidine rings is 1. The molecule has 112 valence electrons. The Balaban J connectivity index is 1.73. The average molecular weight is 268 g/mol. The molecule has 3 nitrogen and oxygen atoms in total. The largest absolute Gasteiger partial charge is 0.390 e. The number of nitrogens with one attached hydrogen (secondary N) is 1. The summed E-state index contributed by atoms with van der Waals surface area (Å²) in [6, 6.07) is 0.766. The molecule has 0 aromatic rings. The van der Waals surface area contributed by atoms with Gasteiger partial charge in [0.25, 0.3) is 0 Å². The van der Waals surface area contributed by atoms with Gasteiger partial charge in [0.2, 0.25) is 0 Å². The van der Waals surface area contributed by atoms with Crippen LogP contribution in [-0.2, 0) is 0 Å². The van der Waals surface area contributed by atoms with Gasteiger partial charge in [0.05, 0.1) is 6.10 Å². The first kappa shape index (κ1) is 15.3. The molecule has 1 saturated carbocycles. The quantitative estimate of drug-likeness (QED) is 0.775. The maximum Gasteiger partial charge on any atom is 0.0791 e. The molecular formula is C16H32N2O. The SMILES string of the molecule is CC(C)CNCC(O)CN1CCC[C@H]2CCCC[C@H]21. The van der Waals surface area contributed by atoms with Crippen LogP contribution in [0.4, 0.5) is 0 Å². The van der Waals surface area contributed by atoms with Crippen molar-refractivity contribution in [2.75, 3.05) is 26.2 Å². The highest BCUT2D eigenvalue weighted by Gasteiger charge is 2.33. The average Bonchev–Trinajstić information content (AvgIpc) is 2.39. The molecule has 1 aliphatic heterocycles. The molecule has 0 aromatic heterocycles. The second kappa shape index (κ2) is 7.61. The number of aliphatic hydroxyl groups excluding tert-OH is 1. The summed E-state index contributed by atoms with van der Waals surface area (Å²) in [5.74, 6) is 1.57. The number of fused-ring (bicyclic) bond motifs is 1. The number of rotatable bonds is 6. The van der Waals surface area contributed by atoms with Crippen LogP contribution in [0.5, 0.6) is 0 Å². The molecule has 0 spiro atoms. The monoisotopic (exact) mass is 268 g/mol. The molecule has 2 aliphatic rings. The predicted octanol–water partition coefficient (Wildman–Crippen LogP) is 2.25. The molecule has 3 heteroatoms. The normalized spacial score (nSPS) is 30.3. The Morgan fingerprint density at radius 3 is 2.63 bits per heavy atom. The van der Waals surface area contributed by atoms with E-state index in [4.69, 9.17) is 0 Å². The van der Waals surface area contributed by atoms with Crippen LogP contribution in [0.1, 0.15) is 52.4 Å². The van der Waals surface area contributed by atoms with Crippen molar-refractivity contribution in [3.8, 4) is 0 Å². The third-order valence-electron chi connectivity index (χ3n) is 4.74. The van der Waals surface area contributed by atoms with Gasteiger partial charge in [-0.1, -0.05) is 26.7 Å². The minimum Gasteiger partial charge on any atom is -0.390 e. The summed E-state index contributed by atoms with van der Waals surface area (Å²) < 4.78 is 0. The summed E-state index contributed by atoms with van der Waals surface area (Å²) in [6.45, 7) is 8.22. The van der Waals surface area contributed by atoms with Crippen LogP contribution < -0.4 is 5.32 Å². The molecule has 0 bridgehead atoms. The number of nitrogens with zero attached hydrogens (tertiary/aromatic N) is 1. The Kier molecular flexibility index (Phi) is 6.11. The molecule has 1 saturated heterocycles. The van der Waals surface area contributed by atoms with Crippen molar-refractivity contribution in [1.82, 2.24) is 10.2 Å². The molecular weight excluding hydrogens is 236 g/mol. The molecule has 0 radical (unpaired) electrons. The van der Waals surface area contributed by atoms with E-state index in [1.807, 2.05) is 0 Å². The van der Waals surface area contributed by atoms with Crippen molar-refractivity contribution in [3.63, 3.8) is 0 Å². The Labute approximate surface area is 118 Å². The van der Waals surface area contributed by atoms with Crippen LogP contribution in [0.25, 0.3) is 0 Å². The fraction of sp³-hybridized carbons (Fsp3) is 1.00. The number of aliphatic hydroxyl groups is 1. The van der Waals surface area contributed by atoms with E-state index < -0.39 is 0 Å². The Morgan fingerprint density at radius 1 is 1.11 bits per heavy atom. The number of hydrogen-bond acceptors (Lipinski definition) is 3. The van der Waals surface area contributed by atoms with E-state index in [1.165, 1.54) is 45.1 Å². The highest BCUT2D eigenvalue weighted by atomic mass is 16.3. The summed E-state index contributed by atoms with van der Waals surface area (Å²) in [7, 11) is 0. The maximum absolute atomic E-state index is 10.2. The van der Waals surface area contributed by atoms with Gasteiger partial charge in [-0.25, -0.2) is 0 Å². The number of β-amino-alcohol motifs (C(OH)–C–C–N with tert-alkyl or cyclic N) is 1. The van der Waals surface area contributed by atoms with Crippen LogP contribution in [0.2, 0.25) is 0 Å². The van der Waals surface area contributed by atoms with E-state index in [-0.39, 0.29) is 6.10 Å². The first-order valence-electron chi connectivity index (χ1n) is 8.29. The van der Waals surface area contributed by atoms with Gasteiger partial charge in [-0.05, 0) is 50.6 Å². The molecule has 1 aliphatic carbocycles. The lowest BCUT2D eigenvalue weighted by molar-refractivity contribution is 0.0212. The first-order chi connectivity index (χ1) is 9.16. The van der Waals surface area contributed by atoms with Crippen LogP contribution in [0.15, 0.2) is 0 Å². The molecule has 2 N–H and O–H groups in total. The second-order valence-corrected chi connectivity index (χ2v) is 6.95. The summed E-state index contributed by atoms with van der Waals surface area (Å²) in [4.78, 5) is 2.58. The third kappa shape index (κ3) is 4.73. The zero-order valence-corrected chi connectivity index (χ0v) is 12.8. The molecule has 1 unspecified atom stereocenters. The first-order valence-corrected chi connectivity index (χ1v) is 8.29. The Bertz CT molecular complexity index is 255. The van der Waals surface area contributed by atoms with Gasteiger partial charge in [0, 0.05) is 19.1 Å². The molecule has 0 amide bonds. The lowest BCUT2D eigenvalue weighted by Crippen LogP contribution is -2.50. The van der Waals surface area contributed by atoms with Crippen molar-refractivity contribution >= 4 is 0 Å². The third-order valence-corrected chi connectivity index (χ3v) is 4.74. The van der Waals surface area contributed by atoms with E-state index in [0.29, 0.717) is 5.92 Å². The predicted molar refractivity (Wildman–Crippen MR) is 80.3 cm³/mol. The zero-order valence-electron chi connectivity index (χ0n) is 12.8. The van der Waals surface area contributed by atoms with E-state index in [1.54, 1.807) is 0 Å². The lowest BCUT2D eigenvalue weighted by atomic mass is 9.78. The fourth-order valence-electron chi connectivity index (χ4n) is 3.83. The molecule has 1 heterocycles. The highest BCUT2D eigenvalue weighted by molar-refractivity contribution is 4.88. The number of likely N-dealkylation sites (tertiary alicyclic amines) is 1. The van der Waals surface area contributed by atoms with E-state index in [2.05, 4.69) is 24.1 Å². The summed E-state index contributed by atoms with van der Waals surface area (Å²) in [6.07, 6.45) is 8.13. The highest BCUT2D eigenvalue weighted by Crippen LogP contribution is 2.35. The van der Waals surface area contributed by atoms with Crippen LogP contribution in [0, 0.1) is 11.8 Å². The zero-order chi connectivity index (χ0) is 13.7. The van der Waals surface area contributed by atoms with Gasteiger partial charge in [-0.15, -0.1) is 0 Å². The van der Waals surface area contributed by atoms with Gasteiger partial charge in [-0.2, -0.15) is 0 Å². The lowest BCUT2D eigenvalue weighted by Gasteiger charge is -2.44. The van der Waals surface area contributed by atoms with Crippen molar-refractivity contribution in [1.29, 1.82) is 0 Å². The Hall–Kier alpha value is -0.120. The van der Waals surface area contributed by atoms with Gasteiger partial charge in [-0.3, -0.25) is 4.90 Å². The summed E-state index contributed by atoms with van der Waals surface area (Å²) in [5.41, 5.74) is 0. The minimum atomic E-state index is -0.209. The van der Waals surface area contributed by atoms with Gasteiger partial charge in [0.1, 0.15) is 0 Å². The molecule has 3 atom stereocenters. The molecule has 0 aromatic carbocycles. The van der Waals surface area contributed by atoms with E-state index in [9.17, 15) is 5.11 Å². The maximum atomic E-state index is 10.2. The van der Waals surface area contributed by atoms with E-state index in [0.717, 1.165) is 31.6 Å². The summed E-state index contributed by atoms with van der Waals surface area (Å²) in [5, 5.41) is 13.6. The van der Waals surface area contributed by atoms with E-state index >= 15 is 0 Å². The Morgan fingerprint density at radius 2 is 1.84 bits per heavy atom. The fourth-order valence-corrected chi connectivity index (χ4v) is 3.83. The second-order valence-electron chi connectivity index (χ2n) is 6.95. The molecule has 2 rings (SSSR count). The smallest absolute Gasteiger partial charge is 0.0791 e. The van der Waals surface area contributed by atoms with Crippen LogP contribution >= 0.6 is 0 Å². The van der Waals surface area contributed by atoms with Gasteiger partial charge >= 0.3 is 0 Å². The van der Waals surface area contributed by atoms with Crippen molar-refractivity contribution < 1.29 is 5.11 Å². The molecule has 19 heavy (non-hydrogen) atoms. The van der Waals surface area contributed by atoms with Gasteiger partial charge < -0.3 is 10.4 Å². The van der Waals surface area contributed by atoms with Crippen molar-refractivity contribution in [3.05, 3.63) is 0 Å². The van der Waals surface area contributed by atoms with Crippen LogP contribution in [0.3, 0.4) is 0 Å². The number of hydrogen-bond donors (Lipinski definition) is 2. The van der Waals surface area contributed by atoms with Crippen LogP contribution in [-0.4, -0.2) is 48.3 Å². The van der Waals surface area contributed by atoms with Crippen molar-refractivity contribution in [2.24, 2.45) is 11.8 Å². The van der Waals surface area contributed by atoms with Crippen molar-refractivity contribution in [2.45, 2.75) is 64.5 Å². The summed E-state index contributed by atoms with van der Waals surface area (Å²) >= 11 is 0. The standard InChI is InChI=1S/C16H32N2O/c1-13(2)10-17-11-15(19)12-18-9-5-7-14-6-3-4-8-16(14)18/h13-17,19H,3-12H2,1-2H3/t14-,15?,16-/m1/s1. The minimum absolute atomic E-state index is 0.209.